The van der Waals surface area contributed by atoms with Crippen LogP contribution in [-0.2, 0) is 0 Å². The minimum Gasteiger partial charge on any atom is -0.497 e. The van der Waals surface area contributed by atoms with Crippen molar-refractivity contribution in [3.8, 4) is 11.5 Å². The average Bonchev–Trinajstić information content (AvgIpc) is 2.56. The van der Waals surface area contributed by atoms with Crippen molar-refractivity contribution >= 4 is 5.57 Å². The molecule has 2 rings (SSSR count). The summed E-state index contributed by atoms with van der Waals surface area (Å²) in [7, 11) is 3.36. The Balaban J connectivity index is 2.45. The lowest BCUT2D eigenvalue weighted by Gasteiger charge is -2.10. The van der Waals surface area contributed by atoms with Crippen LogP contribution in [0.4, 0.5) is 0 Å². The zero-order valence-electron chi connectivity index (χ0n) is 13.6. The van der Waals surface area contributed by atoms with E-state index in [0.29, 0.717) is 0 Å². The van der Waals surface area contributed by atoms with Crippen LogP contribution in [0.3, 0.4) is 0 Å². The number of methoxy groups -OCH3 is 2. The van der Waals surface area contributed by atoms with Crippen LogP contribution in [0, 0.1) is 0 Å². The van der Waals surface area contributed by atoms with Gasteiger partial charge in [0.2, 0.25) is 0 Å². The van der Waals surface area contributed by atoms with Gasteiger partial charge in [0.25, 0.3) is 0 Å². The lowest BCUT2D eigenvalue weighted by atomic mass is 9.97. The van der Waals surface area contributed by atoms with Crippen molar-refractivity contribution in [1.29, 1.82) is 0 Å². The molecule has 114 valence electrons. The lowest BCUT2D eigenvalue weighted by Crippen LogP contribution is -1.90. The number of ether oxygens (including phenoxy) is 2. The molecule has 0 saturated carbocycles. The molecule has 0 saturated heterocycles. The fraction of sp³-hybridized carbons (Fsp3) is 0.200. The van der Waals surface area contributed by atoms with E-state index in [1.807, 2.05) is 24.3 Å². The van der Waals surface area contributed by atoms with Gasteiger partial charge in [-0.15, -0.1) is 0 Å². The number of hydrogen-bond acceptors (Lipinski definition) is 2. The van der Waals surface area contributed by atoms with Gasteiger partial charge < -0.3 is 9.47 Å². The highest BCUT2D eigenvalue weighted by Crippen LogP contribution is 2.27. The highest BCUT2D eigenvalue weighted by atomic mass is 16.5. The Hall–Kier alpha value is -2.48. The first-order chi connectivity index (χ1) is 10.6. The topological polar surface area (TPSA) is 18.5 Å². The molecule has 0 amide bonds. The van der Waals surface area contributed by atoms with Crippen molar-refractivity contribution in [2.24, 2.45) is 0 Å². The predicted octanol–water partition coefficient (Wildman–Crippen LogP) is 5.10. The Kier molecular flexibility index (Phi) is 5.42. The van der Waals surface area contributed by atoms with Gasteiger partial charge in [-0.25, -0.2) is 0 Å². The second kappa shape index (κ2) is 7.51. The third kappa shape index (κ3) is 4.01. The second-order valence-corrected chi connectivity index (χ2v) is 5.28. The summed E-state index contributed by atoms with van der Waals surface area (Å²) in [6.45, 7) is 4.19. The molecule has 0 aromatic heterocycles. The maximum absolute atomic E-state index is 5.24. The van der Waals surface area contributed by atoms with E-state index in [2.05, 4.69) is 50.3 Å². The molecule has 0 heterocycles. The molecule has 0 aliphatic heterocycles. The van der Waals surface area contributed by atoms with E-state index in [1.54, 1.807) is 14.2 Å². The fourth-order valence-electron chi connectivity index (χ4n) is 2.15. The molecule has 2 heteroatoms. The smallest absolute Gasteiger partial charge is 0.118 e. The first kappa shape index (κ1) is 15.9. The van der Waals surface area contributed by atoms with Crippen LogP contribution < -0.4 is 9.47 Å². The van der Waals surface area contributed by atoms with Gasteiger partial charge in [-0.3, -0.25) is 0 Å². The normalized spacial score (nSPS) is 9.82. The third-order valence-corrected chi connectivity index (χ3v) is 3.39. The highest BCUT2D eigenvalue weighted by molar-refractivity contribution is 5.81. The summed E-state index contributed by atoms with van der Waals surface area (Å²) in [5.74, 6) is 1.72. The van der Waals surface area contributed by atoms with E-state index >= 15 is 0 Å². The van der Waals surface area contributed by atoms with Crippen LogP contribution in [0.1, 0.15) is 25.0 Å². The Morgan fingerprint density at radius 1 is 0.682 bits per heavy atom. The van der Waals surface area contributed by atoms with Gasteiger partial charge >= 0.3 is 0 Å². The quantitative estimate of drug-likeness (QED) is 0.714. The maximum atomic E-state index is 5.24. The van der Waals surface area contributed by atoms with Crippen molar-refractivity contribution in [2.75, 3.05) is 14.2 Å². The first-order valence-corrected chi connectivity index (χ1v) is 7.28. The zero-order valence-corrected chi connectivity index (χ0v) is 13.6. The van der Waals surface area contributed by atoms with E-state index in [4.69, 9.17) is 9.47 Å². The van der Waals surface area contributed by atoms with Gasteiger partial charge in [0.05, 0.1) is 14.2 Å². The Bertz CT molecular complexity index is 608. The number of hydrogen-bond donors (Lipinski definition) is 0. The monoisotopic (exact) mass is 294 g/mol. The predicted molar refractivity (Wildman–Crippen MR) is 92.5 cm³/mol. The van der Waals surface area contributed by atoms with Gasteiger partial charge in [0, 0.05) is 0 Å². The van der Waals surface area contributed by atoms with Crippen molar-refractivity contribution in [3.05, 3.63) is 77.4 Å². The highest BCUT2D eigenvalue weighted by Gasteiger charge is 2.05. The molecule has 0 radical (unpaired) electrons. The Morgan fingerprint density at radius 2 is 1.09 bits per heavy atom. The molecule has 2 nitrogen and oxygen atoms in total. The largest absolute Gasteiger partial charge is 0.497 e. The SMILES string of the molecule is COc1ccc(C(=CC=C(C)C)c2ccc(OC)cc2)cc1. The number of allylic oxidation sites excluding steroid dienone is 3. The van der Waals surface area contributed by atoms with E-state index in [9.17, 15) is 0 Å². The molecule has 0 fully saturated rings. The number of benzene rings is 2. The fourth-order valence-corrected chi connectivity index (χ4v) is 2.15. The minimum atomic E-state index is 0.861. The van der Waals surface area contributed by atoms with Gasteiger partial charge in [-0.05, 0) is 54.8 Å². The molecule has 2 aromatic rings. The van der Waals surface area contributed by atoms with E-state index in [1.165, 1.54) is 11.1 Å². The summed E-state index contributed by atoms with van der Waals surface area (Å²) in [6, 6.07) is 16.2. The first-order valence-electron chi connectivity index (χ1n) is 7.28. The molecule has 0 unspecified atom stereocenters. The molecule has 22 heavy (non-hydrogen) atoms. The van der Waals surface area contributed by atoms with E-state index in [0.717, 1.165) is 22.6 Å². The van der Waals surface area contributed by atoms with Gasteiger partial charge in [0.1, 0.15) is 11.5 Å². The molecule has 0 aliphatic carbocycles. The van der Waals surface area contributed by atoms with Crippen LogP contribution in [0.2, 0.25) is 0 Å². The summed E-state index contributed by atoms with van der Waals surface area (Å²) >= 11 is 0. The number of rotatable bonds is 5. The average molecular weight is 294 g/mol. The van der Waals surface area contributed by atoms with Crippen LogP contribution in [-0.4, -0.2) is 14.2 Å². The van der Waals surface area contributed by atoms with Crippen molar-refractivity contribution < 1.29 is 9.47 Å². The summed E-state index contributed by atoms with van der Waals surface area (Å²) in [6.07, 6.45) is 4.28. The molecular formula is C20H22O2. The van der Waals surface area contributed by atoms with E-state index < -0.39 is 0 Å². The van der Waals surface area contributed by atoms with Gasteiger partial charge in [0.15, 0.2) is 0 Å². The molecule has 2 aromatic carbocycles. The lowest BCUT2D eigenvalue weighted by molar-refractivity contribution is 0.414. The standard InChI is InChI=1S/C20H22O2/c1-15(2)5-14-20(16-6-10-18(21-3)11-7-16)17-8-12-19(22-4)13-9-17/h5-14H,1-4H3. The summed E-state index contributed by atoms with van der Waals surface area (Å²) in [4.78, 5) is 0. The van der Waals surface area contributed by atoms with Crippen molar-refractivity contribution in [2.45, 2.75) is 13.8 Å². The second-order valence-electron chi connectivity index (χ2n) is 5.28. The van der Waals surface area contributed by atoms with Crippen molar-refractivity contribution in [3.63, 3.8) is 0 Å². The van der Waals surface area contributed by atoms with Crippen molar-refractivity contribution in [1.82, 2.24) is 0 Å². The van der Waals surface area contributed by atoms with E-state index in [-0.39, 0.29) is 0 Å². The zero-order chi connectivity index (χ0) is 15.9. The molecule has 0 atom stereocenters. The van der Waals surface area contributed by atoms with Crippen LogP contribution >= 0.6 is 0 Å². The molecule has 0 aliphatic rings. The Labute approximate surface area is 132 Å². The minimum absolute atomic E-state index is 0.861. The summed E-state index contributed by atoms with van der Waals surface area (Å²) in [5, 5.41) is 0. The van der Waals surface area contributed by atoms with Crippen LogP contribution in [0.5, 0.6) is 11.5 Å². The molecule has 0 spiro atoms. The van der Waals surface area contributed by atoms with Gasteiger partial charge in [-0.1, -0.05) is 42.0 Å². The summed E-state index contributed by atoms with van der Waals surface area (Å²) < 4.78 is 10.5. The summed E-state index contributed by atoms with van der Waals surface area (Å²) in [5.41, 5.74) is 4.75. The molecule has 0 N–H and O–H groups in total. The third-order valence-electron chi connectivity index (χ3n) is 3.39. The van der Waals surface area contributed by atoms with Gasteiger partial charge in [-0.2, -0.15) is 0 Å². The van der Waals surface area contributed by atoms with Crippen LogP contribution in [0.25, 0.3) is 5.57 Å². The molecular weight excluding hydrogens is 272 g/mol. The van der Waals surface area contributed by atoms with Crippen LogP contribution in [0.15, 0.2) is 66.3 Å². The maximum Gasteiger partial charge on any atom is 0.118 e. The molecule has 0 bridgehead atoms. The Morgan fingerprint density at radius 3 is 1.41 bits per heavy atom.